The van der Waals surface area contributed by atoms with Gasteiger partial charge in [0.2, 0.25) is 0 Å². The van der Waals surface area contributed by atoms with Gasteiger partial charge >= 0.3 is 0 Å². The third-order valence-corrected chi connectivity index (χ3v) is 6.10. The fraction of sp³-hybridized carbons (Fsp3) is 0.750. The summed E-state index contributed by atoms with van der Waals surface area (Å²) in [7, 11) is -3.41. The lowest BCUT2D eigenvalue weighted by Crippen LogP contribution is -2.46. The Morgan fingerprint density at radius 2 is 2.00 bits per heavy atom. The number of aromatic nitrogens is 2. The molecule has 2 aliphatic heterocycles. The maximum absolute atomic E-state index is 12.4. The van der Waals surface area contributed by atoms with Gasteiger partial charge in [-0.1, -0.05) is 0 Å². The molecule has 3 N–H and O–H groups in total. The zero-order chi connectivity index (χ0) is 14.2. The van der Waals surface area contributed by atoms with Gasteiger partial charge in [-0.15, -0.1) is 0 Å². The summed E-state index contributed by atoms with van der Waals surface area (Å²) in [5, 5.41) is 6.45. The molecule has 3 rings (SSSR count). The lowest BCUT2D eigenvalue weighted by molar-refractivity contribution is 0.159. The topological polar surface area (TPSA) is 95.3 Å². The van der Waals surface area contributed by atoms with Gasteiger partial charge in [-0.05, 0) is 38.4 Å². The van der Waals surface area contributed by atoms with Gasteiger partial charge in [-0.3, -0.25) is 10.00 Å². The monoisotopic (exact) mass is 299 g/mol. The maximum Gasteiger partial charge on any atom is 0.260 e. The van der Waals surface area contributed by atoms with Gasteiger partial charge in [-0.25, -0.2) is 8.42 Å². The predicted molar refractivity (Wildman–Crippen MR) is 74.5 cm³/mol. The number of hydrogen-bond acceptors (Lipinski definition) is 5. The zero-order valence-corrected chi connectivity index (χ0v) is 12.2. The minimum Gasteiger partial charge on any atom is -0.328 e. The van der Waals surface area contributed by atoms with Crippen LogP contribution in [0.1, 0.15) is 19.3 Å². The summed E-state index contributed by atoms with van der Waals surface area (Å²) < 4.78 is 26.3. The fourth-order valence-corrected chi connectivity index (χ4v) is 4.43. The molecule has 0 spiro atoms. The number of nitrogens with two attached hydrogens (primary N) is 1. The summed E-state index contributed by atoms with van der Waals surface area (Å²) in [4.78, 5) is 2.38. The van der Waals surface area contributed by atoms with E-state index in [-0.39, 0.29) is 5.03 Å². The Morgan fingerprint density at radius 1 is 1.25 bits per heavy atom. The summed E-state index contributed by atoms with van der Waals surface area (Å²) in [6.07, 6.45) is 4.36. The average molecular weight is 299 g/mol. The number of nitrogens with zero attached hydrogens (tertiary/aromatic N) is 3. The Bertz CT molecular complexity index is 536. The second-order valence-electron chi connectivity index (χ2n) is 5.60. The first-order chi connectivity index (χ1) is 9.57. The number of hydrogen-bond donors (Lipinski definition) is 2. The van der Waals surface area contributed by atoms with Crippen LogP contribution in [0.4, 0.5) is 0 Å². The molecule has 1 aromatic rings. The number of rotatable bonds is 3. The lowest BCUT2D eigenvalue weighted by Gasteiger charge is -2.34. The maximum atomic E-state index is 12.4. The van der Waals surface area contributed by atoms with Crippen molar-refractivity contribution in [3.05, 3.63) is 12.3 Å². The molecule has 0 amide bonds. The number of likely N-dealkylation sites (tertiary alicyclic amines) is 1. The molecule has 0 aliphatic carbocycles. The van der Waals surface area contributed by atoms with Crippen molar-refractivity contribution in [2.24, 2.45) is 5.73 Å². The predicted octanol–water partition coefficient (Wildman–Crippen LogP) is -0.404. The number of H-pyrrole nitrogens is 1. The summed E-state index contributed by atoms with van der Waals surface area (Å²) in [6.45, 7) is 3.10. The molecule has 20 heavy (non-hydrogen) atoms. The van der Waals surface area contributed by atoms with E-state index in [0.29, 0.717) is 25.2 Å². The van der Waals surface area contributed by atoms with Crippen LogP contribution in [0.3, 0.4) is 0 Å². The van der Waals surface area contributed by atoms with Crippen molar-refractivity contribution in [2.75, 3.05) is 26.2 Å². The standard InChI is InChI=1S/C12H21N5O2S/c13-10-2-6-16(7-3-10)11-4-8-17(9-11)20(18,19)12-1-5-14-15-12/h1,5,10-11H,2-4,6-9,13H2,(H,14,15). The first kappa shape index (κ1) is 14.0. The summed E-state index contributed by atoms with van der Waals surface area (Å²) in [5.41, 5.74) is 5.91. The van der Waals surface area contributed by atoms with E-state index in [0.717, 1.165) is 32.4 Å². The summed E-state index contributed by atoms with van der Waals surface area (Å²) in [6, 6.07) is 2.13. The third-order valence-electron chi connectivity index (χ3n) is 4.31. The van der Waals surface area contributed by atoms with Crippen molar-refractivity contribution < 1.29 is 8.42 Å². The molecule has 1 aromatic heterocycles. The number of piperidine rings is 1. The number of aromatic amines is 1. The lowest BCUT2D eigenvalue weighted by atomic mass is 10.0. The zero-order valence-electron chi connectivity index (χ0n) is 11.4. The molecule has 2 aliphatic rings. The SMILES string of the molecule is NC1CCN(C2CCN(S(=O)(=O)c3ccn[nH]3)C2)CC1. The van der Waals surface area contributed by atoms with E-state index in [2.05, 4.69) is 15.1 Å². The summed E-state index contributed by atoms with van der Waals surface area (Å²) >= 11 is 0. The summed E-state index contributed by atoms with van der Waals surface area (Å²) in [5.74, 6) is 0. The molecular formula is C12H21N5O2S. The van der Waals surface area contributed by atoms with Crippen molar-refractivity contribution in [3.8, 4) is 0 Å². The smallest absolute Gasteiger partial charge is 0.260 e. The van der Waals surface area contributed by atoms with E-state index >= 15 is 0 Å². The second-order valence-corrected chi connectivity index (χ2v) is 7.51. The fourth-order valence-electron chi connectivity index (χ4n) is 3.04. The van der Waals surface area contributed by atoms with Crippen molar-refractivity contribution in [1.82, 2.24) is 19.4 Å². The van der Waals surface area contributed by atoms with E-state index in [4.69, 9.17) is 5.73 Å². The Labute approximate surface area is 119 Å². The molecular weight excluding hydrogens is 278 g/mol. The minimum absolute atomic E-state index is 0.179. The van der Waals surface area contributed by atoms with Gasteiger partial charge in [0, 0.05) is 25.2 Å². The Morgan fingerprint density at radius 3 is 2.65 bits per heavy atom. The molecule has 2 fully saturated rings. The highest BCUT2D eigenvalue weighted by molar-refractivity contribution is 7.89. The molecule has 0 radical (unpaired) electrons. The van der Waals surface area contributed by atoms with Gasteiger partial charge in [0.05, 0.1) is 6.20 Å². The molecule has 3 heterocycles. The van der Waals surface area contributed by atoms with Crippen LogP contribution in [-0.2, 0) is 10.0 Å². The first-order valence-electron chi connectivity index (χ1n) is 7.06. The largest absolute Gasteiger partial charge is 0.328 e. The molecule has 1 unspecified atom stereocenters. The van der Waals surface area contributed by atoms with Crippen LogP contribution >= 0.6 is 0 Å². The molecule has 8 heteroatoms. The molecule has 0 aromatic carbocycles. The first-order valence-corrected chi connectivity index (χ1v) is 8.50. The Kier molecular flexibility index (Phi) is 3.80. The van der Waals surface area contributed by atoms with Gasteiger partial charge < -0.3 is 5.73 Å². The van der Waals surface area contributed by atoms with Gasteiger partial charge in [-0.2, -0.15) is 9.40 Å². The van der Waals surface area contributed by atoms with Crippen molar-refractivity contribution in [2.45, 2.75) is 36.4 Å². The number of sulfonamides is 1. The van der Waals surface area contributed by atoms with Crippen LogP contribution in [0, 0.1) is 0 Å². The Balaban J connectivity index is 1.65. The molecule has 0 saturated carbocycles. The van der Waals surface area contributed by atoms with E-state index in [1.54, 1.807) is 4.31 Å². The Hall–Kier alpha value is -0.960. The average Bonchev–Trinajstić information content (AvgIpc) is 3.12. The molecule has 2 saturated heterocycles. The van der Waals surface area contributed by atoms with Crippen molar-refractivity contribution >= 4 is 10.0 Å². The van der Waals surface area contributed by atoms with Crippen molar-refractivity contribution in [3.63, 3.8) is 0 Å². The highest BCUT2D eigenvalue weighted by Gasteiger charge is 2.36. The highest BCUT2D eigenvalue weighted by Crippen LogP contribution is 2.24. The highest BCUT2D eigenvalue weighted by atomic mass is 32.2. The van der Waals surface area contributed by atoms with Gasteiger partial charge in [0.25, 0.3) is 10.0 Å². The number of nitrogens with one attached hydrogen (secondary N) is 1. The molecule has 112 valence electrons. The molecule has 7 nitrogen and oxygen atoms in total. The van der Waals surface area contributed by atoms with Crippen LogP contribution in [0.15, 0.2) is 17.3 Å². The van der Waals surface area contributed by atoms with Crippen LogP contribution < -0.4 is 5.73 Å². The quantitative estimate of drug-likeness (QED) is 0.791. The van der Waals surface area contributed by atoms with Gasteiger partial charge in [0.15, 0.2) is 5.03 Å². The van der Waals surface area contributed by atoms with E-state index in [1.807, 2.05) is 0 Å². The van der Waals surface area contributed by atoms with Crippen LogP contribution in [-0.4, -0.2) is 66.1 Å². The van der Waals surface area contributed by atoms with Crippen LogP contribution in [0.2, 0.25) is 0 Å². The minimum atomic E-state index is -3.41. The van der Waals surface area contributed by atoms with E-state index in [9.17, 15) is 8.42 Å². The van der Waals surface area contributed by atoms with Crippen LogP contribution in [0.5, 0.6) is 0 Å². The second kappa shape index (κ2) is 5.44. The third kappa shape index (κ3) is 2.60. The molecule has 0 bridgehead atoms. The normalized spacial score (nSPS) is 27.1. The van der Waals surface area contributed by atoms with Crippen LogP contribution in [0.25, 0.3) is 0 Å². The van der Waals surface area contributed by atoms with Gasteiger partial charge in [0.1, 0.15) is 0 Å². The molecule has 1 atom stereocenters. The van der Waals surface area contributed by atoms with Crippen molar-refractivity contribution in [1.29, 1.82) is 0 Å². The van der Waals surface area contributed by atoms with E-state index < -0.39 is 10.0 Å². The van der Waals surface area contributed by atoms with E-state index in [1.165, 1.54) is 12.3 Å².